The molecule has 0 saturated carbocycles. The molecule has 23 heavy (non-hydrogen) atoms. The SMILES string of the molecule is O=C1C[C@]2(CCSC2)C(=O)N1C[C@@H](O)COc1ccc(F)cc1. The molecule has 1 spiro atoms. The molecule has 1 aromatic carbocycles. The van der Waals surface area contributed by atoms with Crippen molar-refractivity contribution in [1.82, 2.24) is 4.90 Å². The van der Waals surface area contributed by atoms with Gasteiger partial charge in [0.05, 0.1) is 12.0 Å². The molecule has 5 nitrogen and oxygen atoms in total. The number of rotatable bonds is 5. The second-order valence-corrected chi connectivity index (χ2v) is 7.09. The highest BCUT2D eigenvalue weighted by Gasteiger charge is 2.53. The Morgan fingerprint density at radius 1 is 1.35 bits per heavy atom. The zero-order chi connectivity index (χ0) is 16.4. The molecule has 1 aromatic rings. The van der Waals surface area contributed by atoms with E-state index in [9.17, 15) is 19.1 Å². The van der Waals surface area contributed by atoms with Gasteiger partial charge in [0.2, 0.25) is 11.8 Å². The topological polar surface area (TPSA) is 66.8 Å². The lowest BCUT2D eigenvalue weighted by atomic mass is 9.86. The minimum Gasteiger partial charge on any atom is -0.491 e. The van der Waals surface area contributed by atoms with Crippen LogP contribution in [-0.4, -0.2) is 52.6 Å². The van der Waals surface area contributed by atoms with Gasteiger partial charge in [-0.05, 0) is 36.4 Å². The monoisotopic (exact) mass is 339 g/mol. The Bertz CT molecular complexity index is 601. The maximum Gasteiger partial charge on any atom is 0.236 e. The molecule has 2 fully saturated rings. The third-order valence-corrected chi connectivity index (χ3v) is 5.49. The molecule has 0 aromatic heterocycles. The zero-order valence-corrected chi connectivity index (χ0v) is 13.4. The lowest BCUT2D eigenvalue weighted by molar-refractivity contribution is -0.142. The van der Waals surface area contributed by atoms with E-state index in [2.05, 4.69) is 0 Å². The number of hydrogen-bond donors (Lipinski definition) is 1. The molecule has 0 bridgehead atoms. The Kier molecular flexibility index (Phi) is 4.59. The van der Waals surface area contributed by atoms with Crippen molar-refractivity contribution in [2.24, 2.45) is 5.41 Å². The van der Waals surface area contributed by atoms with Gasteiger partial charge >= 0.3 is 0 Å². The molecule has 2 aliphatic heterocycles. The normalized spacial score (nSPS) is 25.4. The minimum absolute atomic E-state index is 0.0642. The van der Waals surface area contributed by atoms with Crippen molar-refractivity contribution >= 4 is 23.6 Å². The van der Waals surface area contributed by atoms with E-state index in [-0.39, 0.29) is 37.2 Å². The number of β-amino-alcohol motifs (C(OH)–C–C–N with tert-alkyl or cyclic N) is 1. The molecule has 2 amide bonds. The highest BCUT2D eigenvalue weighted by molar-refractivity contribution is 7.99. The van der Waals surface area contributed by atoms with Crippen molar-refractivity contribution in [3.63, 3.8) is 0 Å². The molecular weight excluding hydrogens is 321 g/mol. The summed E-state index contributed by atoms with van der Waals surface area (Å²) in [4.78, 5) is 25.7. The van der Waals surface area contributed by atoms with Crippen LogP contribution in [0.2, 0.25) is 0 Å². The fourth-order valence-corrected chi connectivity index (χ4v) is 4.39. The lowest BCUT2D eigenvalue weighted by Gasteiger charge is -2.22. The Labute approximate surface area is 137 Å². The quantitative estimate of drug-likeness (QED) is 0.823. The lowest BCUT2D eigenvalue weighted by Crippen LogP contribution is -2.41. The Morgan fingerprint density at radius 3 is 2.74 bits per heavy atom. The van der Waals surface area contributed by atoms with Gasteiger partial charge in [0.25, 0.3) is 0 Å². The van der Waals surface area contributed by atoms with E-state index < -0.39 is 11.5 Å². The number of carbonyl (C=O) groups excluding carboxylic acids is 2. The number of aliphatic hydroxyl groups is 1. The first-order valence-electron chi connectivity index (χ1n) is 7.49. The first-order valence-corrected chi connectivity index (χ1v) is 8.65. The molecule has 1 N–H and O–H groups in total. The van der Waals surface area contributed by atoms with Crippen molar-refractivity contribution < 1.29 is 23.8 Å². The molecular formula is C16H18FNO4S. The Balaban J connectivity index is 1.55. The highest BCUT2D eigenvalue weighted by Crippen LogP contribution is 2.44. The summed E-state index contributed by atoms with van der Waals surface area (Å²) in [6, 6.07) is 5.44. The number of hydrogen-bond acceptors (Lipinski definition) is 5. The molecule has 2 aliphatic rings. The van der Waals surface area contributed by atoms with Crippen LogP contribution in [0.5, 0.6) is 5.75 Å². The number of halogens is 1. The summed E-state index contributed by atoms with van der Waals surface area (Å²) in [5.74, 6) is 1.23. The second kappa shape index (κ2) is 6.49. The third kappa shape index (κ3) is 3.35. The van der Waals surface area contributed by atoms with Crippen molar-refractivity contribution in [3.8, 4) is 5.75 Å². The third-order valence-electron chi connectivity index (χ3n) is 4.24. The first kappa shape index (κ1) is 16.3. The maximum absolute atomic E-state index is 12.8. The molecule has 7 heteroatoms. The van der Waals surface area contributed by atoms with Gasteiger partial charge in [0, 0.05) is 12.2 Å². The van der Waals surface area contributed by atoms with Gasteiger partial charge in [0.15, 0.2) is 0 Å². The van der Waals surface area contributed by atoms with Crippen molar-refractivity contribution in [1.29, 1.82) is 0 Å². The van der Waals surface area contributed by atoms with Crippen LogP contribution in [0.15, 0.2) is 24.3 Å². The molecule has 2 saturated heterocycles. The van der Waals surface area contributed by atoms with E-state index in [0.717, 1.165) is 17.1 Å². The van der Waals surface area contributed by atoms with Crippen LogP contribution < -0.4 is 4.74 Å². The van der Waals surface area contributed by atoms with E-state index >= 15 is 0 Å². The summed E-state index contributed by atoms with van der Waals surface area (Å²) < 4.78 is 18.1. The molecule has 0 unspecified atom stereocenters. The van der Waals surface area contributed by atoms with Crippen LogP contribution >= 0.6 is 11.8 Å². The minimum atomic E-state index is -0.975. The summed E-state index contributed by atoms with van der Waals surface area (Å²) in [7, 11) is 0. The van der Waals surface area contributed by atoms with Gasteiger partial charge in [-0.3, -0.25) is 14.5 Å². The van der Waals surface area contributed by atoms with E-state index in [1.54, 1.807) is 11.8 Å². The van der Waals surface area contributed by atoms with Crippen LogP contribution in [0, 0.1) is 11.2 Å². The molecule has 3 rings (SSSR count). The fraction of sp³-hybridized carbons (Fsp3) is 0.500. The number of thioether (sulfide) groups is 1. The van der Waals surface area contributed by atoms with Crippen LogP contribution in [0.4, 0.5) is 4.39 Å². The van der Waals surface area contributed by atoms with E-state index in [1.165, 1.54) is 24.3 Å². The summed E-state index contributed by atoms with van der Waals surface area (Å²) >= 11 is 1.69. The van der Waals surface area contributed by atoms with Gasteiger partial charge in [-0.1, -0.05) is 0 Å². The predicted molar refractivity (Wildman–Crippen MR) is 83.6 cm³/mol. The molecule has 0 aliphatic carbocycles. The summed E-state index contributed by atoms with van der Waals surface area (Å²) in [6.07, 6.45) is -0.0113. The number of likely N-dealkylation sites (tertiary alicyclic amines) is 1. The second-order valence-electron chi connectivity index (χ2n) is 5.99. The fourth-order valence-electron chi connectivity index (χ4n) is 2.95. The smallest absolute Gasteiger partial charge is 0.236 e. The van der Waals surface area contributed by atoms with Gasteiger partial charge in [-0.2, -0.15) is 11.8 Å². The molecule has 0 radical (unpaired) electrons. The Morgan fingerprint density at radius 2 is 2.09 bits per heavy atom. The van der Waals surface area contributed by atoms with Crippen LogP contribution in [0.3, 0.4) is 0 Å². The maximum atomic E-state index is 12.8. The number of ether oxygens (including phenoxy) is 1. The number of imide groups is 1. The summed E-state index contributed by atoms with van der Waals surface area (Å²) in [5.41, 5.74) is -0.556. The van der Waals surface area contributed by atoms with Gasteiger partial charge in [-0.15, -0.1) is 0 Å². The summed E-state index contributed by atoms with van der Waals surface area (Å²) in [6.45, 7) is -0.129. The first-order chi connectivity index (χ1) is 11.0. The van der Waals surface area contributed by atoms with Crippen LogP contribution in [-0.2, 0) is 9.59 Å². The van der Waals surface area contributed by atoms with Crippen molar-refractivity contribution in [2.75, 3.05) is 24.7 Å². The number of amides is 2. The zero-order valence-electron chi connectivity index (χ0n) is 12.5. The average molecular weight is 339 g/mol. The standard InChI is InChI=1S/C16H18FNO4S/c17-11-1-3-13(4-2-11)22-9-12(19)8-18-14(20)7-16(15(18)21)5-6-23-10-16/h1-4,12,19H,5-10H2/t12-,16+/m1/s1. The number of carbonyl (C=O) groups is 2. The van der Waals surface area contributed by atoms with E-state index in [1.807, 2.05) is 0 Å². The van der Waals surface area contributed by atoms with Crippen molar-refractivity contribution in [3.05, 3.63) is 30.1 Å². The molecule has 2 heterocycles. The number of nitrogens with zero attached hydrogens (tertiary/aromatic N) is 1. The van der Waals surface area contributed by atoms with Crippen LogP contribution in [0.1, 0.15) is 12.8 Å². The summed E-state index contributed by atoms with van der Waals surface area (Å²) in [5, 5.41) is 10.0. The van der Waals surface area contributed by atoms with Crippen molar-refractivity contribution in [2.45, 2.75) is 18.9 Å². The number of benzene rings is 1. The van der Waals surface area contributed by atoms with Gasteiger partial charge < -0.3 is 9.84 Å². The largest absolute Gasteiger partial charge is 0.491 e. The predicted octanol–water partition coefficient (Wildman–Crippen LogP) is 1.45. The average Bonchev–Trinajstić information content (AvgIpc) is 3.08. The molecule has 124 valence electrons. The molecule has 2 atom stereocenters. The van der Waals surface area contributed by atoms with E-state index in [0.29, 0.717) is 11.5 Å². The number of aliphatic hydroxyl groups excluding tert-OH is 1. The Hall–Kier alpha value is -1.60. The highest BCUT2D eigenvalue weighted by atomic mass is 32.2. The van der Waals surface area contributed by atoms with Crippen LogP contribution in [0.25, 0.3) is 0 Å². The van der Waals surface area contributed by atoms with Gasteiger partial charge in [-0.25, -0.2) is 4.39 Å². The van der Waals surface area contributed by atoms with Gasteiger partial charge in [0.1, 0.15) is 24.3 Å². The van der Waals surface area contributed by atoms with E-state index in [4.69, 9.17) is 4.74 Å².